The van der Waals surface area contributed by atoms with Crippen LogP contribution in [0.5, 0.6) is 0 Å². The fraction of sp³-hybridized carbons (Fsp3) is 0.538. The van der Waals surface area contributed by atoms with Crippen LogP contribution in [0.25, 0.3) is 0 Å². The zero-order valence-corrected chi connectivity index (χ0v) is 9.11. The van der Waals surface area contributed by atoms with Crippen molar-refractivity contribution in [3.63, 3.8) is 0 Å². The van der Waals surface area contributed by atoms with Gasteiger partial charge in [0.1, 0.15) is 0 Å². The van der Waals surface area contributed by atoms with Crippen LogP contribution in [-0.2, 0) is 6.42 Å². The van der Waals surface area contributed by atoms with Gasteiger partial charge in [-0.05, 0) is 37.7 Å². The summed E-state index contributed by atoms with van der Waals surface area (Å²) in [5.41, 5.74) is 1.39. The van der Waals surface area contributed by atoms with Crippen molar-refractivity contribution in [1.82, 2.24) is 0 Å². The second kappa shape index (κ2) is 5.82. The van der Waals surface area contributed by atoms with Gasteiger partial charge >= 0.3 is 0 Å². The van der Waals surface area contributed by atoms with Gasteiger partial charge < -0.3 is 5.11 Å². The molecule has 1 heteroatoms. The van der Waals surface area contributed by atoms with Crippen LogP contribution in [0.15, 0.2) is 30.3 Å². The Labute approximate surface area is 86.8 Å². The second-order valence-electron chi connectivity index (χ2n) is 4.21. The van der Waals surface area contributed by atoms with E-state index in [1.165, 1.54) is 5.56 Å². The normalized spacial score (nSPS) is 15.1. The molecule has 0 saturated heterocycles. The summed E-state index contributed by atoms with van der Waals surface area (Å²) in [5.74, 6) is 0.607. The van der Waals surface area contributed by atoms with Crippen molar-refractivity contribution in [2.75, 3.05) is 0 Å². The lowest BCUT2D eigenvalue weighted by molar-refractivity contribution is 0.162. The Morgan fingerprint density at radius 1 is 1.14 bits per heavy atom. The maximum absolute atomic E-state index is 9.22. The van der Waals surface area contributed by atoms with Crippen molar-refractivity contribution >= 4 is 0 Å². The van der Waals surface area contributed by atoms with Gasteiger partial charge in [-0.2, -0.15) is 0 Å². The number of rotatable bonds is 5. The molecule has 0 radical (unpaired) electrons. The minimum atomic E-state index is -0.166. The molecule has 0 aliphatic heterocycles. The highest BCUT2D eigenvalue weighted by Crippen LogP contribution is 2.14. The summed E-state index contributed by atoms with van der Waals surface area (Å²) in [5, 5.41) is 9.22. The highest BCUT2D eigenvalue weighted by atomic mass is 16.3. The van der Waals surface area contributed by atoms with E-state index in [0.717, 1.165) is 19.3 Å². The third-order valence-corrected chi connectivity index (χ3v) is 2.51. The first-order chi connectivity index (χ1) is 6.68. The minimum absolute atomic E-state index is 0.166. The molecule has 0 fully saturated rings. The summed E-state index contributed by atoms with van der Waals surface area (Å²) in [6.45, 7) is 4.06. The fourth-order valence-electron chi connectivity index (χ4n) is 1.76. The topological polar surface area (TPSA) is 20.2 Å². The average Bonchev–Trinajstić information content (AvgIpc) is 2.15. The van der Waals surface area contributed by atoms with E-state index in [-0.39, 0.29) is 6.10 Å². The Morgan fingerprint density at radius 2 is 1.79 bits per heavy atom. The molecular weight excluding hydrogens is 172 g/mol. The highest BCUT2D eigenvalue weighted by Gasteiger charge is 2.05. The van der Waals surface area contributed by atoms with Crippen LogP contribution < -0.4 is 0 Å². The maximum atomic E-state index is 9.22. The molecule has 2 atom stereocenters. The molecule has 1 nitrogen and oxygen atoms in total. The SMILES string of the molecule is C[C@@H](CCc1ccccc1)C[C@H](C)O. The van der Waals surface area contributed by atoms with Gasteiger partial charge in [0, 0.05) is 0 Å². The predicted molar refractivity (Wildman–Crippen MR) is 60.2 cm³/mol. The quantitative estimate of drug-likeness (QED) is 0.760. The molecule has 0 saturated carbocycles. The van der Waals surface area contributed by atoms with Crippen LogP contribution in [0.3, 0.4) is 0 Å². The van der Waals surface area contributed by atoms with Gasteiger partial charge in [0.05, 0.1) is 6.10 Å². The summed E-state index contributed by atoms with van der Waals surface area (Å²) >= 11 is 0. The molecule has 1 N–H and O–H groups in total. The van der Waals surface area contributed by atoms with Crippen molar-refractivity contribution in [1.29, 1.82) is 0 Å². The standard InChI is InChI=1S/C13H20O/c1-11(10-12(2)14)8-9-13-6-4-3-5-7-13/h3-7,11-12,14H,8-10H2,1-2H3/t11-,12-/m0/s1. The molecule has 78 valence electrons. The molecule has 0 bridgehead atoms. The van der Waals surface area contributed by atoms with Crippen molar-refractivity contribution in [3.05, 3.63) is 35.9 Å². The van der Waals surface area contributed by atoms with Gasteiger partial charge in [0.15, 0.2) is 0 Å². The molecule has 1 rings (SSSR count). The second-order valence-corrected chi connectivity index (χ2v) is 4.21. The third kappa shape index (κ3) is 4.43. The van der Waals surface area contributed by atoms with Gasteiger partial charge in [-0.3, -0.25) is 0 Å². The van der Waals surface area contributed by atoms with Crippen LogP contribution in [0.2, 0.25) is 0 Å². The summed E-state index contributed by atoms with van der Waals surface area (Å²) in [7, 11) is 0. The van der Waals surface area contributed by atoms with Gasteiger partial charge in [0.2, 0.25) is 0 Å². The van der Waals surface area contributed by atoms with E-state index in [2.05, 4.69) is 31.2 Å². The Bertz CT molecular complexity index is 241. The number of aryl methyl sites for hydroxylation is 1. The molecule has 14 heavy (non-hydrogen) atoms. The zero-order valence-electron chi connectivity index (χ0n) is 9.11. The Kier molecular flexibility index (Phi) is 4.68. The molecule has 0 aliphatic carbocycles. The minimum Gasteiger partial charge on any atom is -0.393 e. The van der Waals surface area contributed by atoms with Gasteiger partial charge in [-0.15, -0.1) is 0 Å². The van der Waals surface area contributed by atoms with Gasteiger partial charge in [0.25, 0.3) is 0 Å². The number of aliphatic hydroxyl groups excluding tert-OH is 1. The van der Waals surface area contributed by atoms with Crippen molar-refractivity contribution in [3.8, 4) is 0 Å². The van der Waals surface area contributed by atoms with Crippen LogP contribution in [0.4, 0.5) is 0 Å². The smallest absolute Gasteiger partial charge is 0.0514 e. The van der Waals surface area contributed by atoms with Crippen LogP contribution >= 0.6 is 0 Å². The van der Waals surface area contributed by atoms with E-state index in [4.69, 9.17) is 0 Å². The molecular formula is C13H20O. The lowest BCUT2D eigenvalue weighted by Crippen LogP contribution is -2.07. The highest BCUT2D eigenvalue weighted by molar-refractivity contribution is 5.14. The lowest BCUT2D eigenvalue weighted by Gasteiger charge is -2.12. The summed E-state index contributed by atoms with van der Waals surface area (Å²) in [6, 6.07) is 10.5. The largest absolute Gasteiger partial charge is 0.393 e. The van der Waals surface area contributed by atoms with Gasteiger partial charge in [-0.25, -0.2) is 0 Å². The molecule has 0 spiro atoms. The van der Waals surface area contributed by atoms with E-state index in [1.807, 2.05) is 13.0 Å². The first kappa shape index (κ1) is 11.3. The van der Waals surface area contributed by atoms with Crippen molar-refractivity contribution < 1.29 is 5.11 Å². The molecule has 0 heterocycles. The zero-order chi connectivity index (χ0) is 10.4. The summed E-state index contributed by atoms with van der Waals surface area (Å²) in [4.78, 5) is 0. The number of hydrogen-bond acceptors (Lipinski definition) is 1. The monoisotopic (exact) mass is 192 g/mol. The van der Waals surface area contributed by atoms with Gasteiger partial charge in [-0.1, -0.05) is 37.3 Å². The summed E-state index contributed by atoms with van der Waals surface area (Å²) in [6.07, 6.45) is 3.02. The molecule has 0 aliphatic rings. The molecule has 0 unspecified atom stereocenters. The maximum Gasteiger partial charge on any atom is 0.0514 e. The Balaban J connectivity index is 2.27. The number of hydrogen-bond donors (Lipinski definition) is 1. The van der Waals surface area contributed by atoms with Crippen LogP contribution in [0.1, 0.15) is 32.3 Å². The number of aliphatic hydroxyl groups is 1. The van der Waals surface area contributed by atoms with E-state index in [1.54, 1.807) is 0 Å². The van der Waals surface area contributed by atoms with Crippen molar-refractivity contribution in [2.24, 2.45) is 5.92 Å². The first-order valence-electron chi connectivity index (χ1n) is 5.40. The molecule has 0 amide bonds. The number of benzene rings is 1. The van der Waals surface area contributed by atoms with E-state index >= 15 is 0 Å². The average molecular weight is 192 g/mol. The van der Waals surface area contributed by atoms with E-state index in [9.17, 15) is 5.11 Å². The Morgan fingerprint density at radius 3 is 2.36 bits per heavy atom. The van der Waals surface area contributed by atoms with E-state index < -0.39 is 0 Å². The third-order valence-electron chi connectivity index (χ3n) is 2.51. The molecule has 1 aromatic carbocycles. The van der Waals surface area contributed by atoms with Crippen LogP contribution in [0, 0.1) is 5.92 Å². The molecule has 1 aromatic rings. The van der Waals surface area contributed by atoms with E-state index in [0.29, 0.717) is 5.92 Å². The predicted octanol–water partition coefficient (Wildman–Crippen LogP) is 3.03. The fourth-order valence-corrected chi connectivity index (χ4v) is 1.76. The van der Waals surface area contributed by atoms with Crippen molar-refractivity contribution in [2.45, 2.75) is 39.2 Å². The molecule has 0 aromatic heterocycles. The lowest BCUT2D eigenvalue weighted by atomic mass is 9.96. The Hall–Kier alpha value is -0.820. The van der Waals surface area contributed by atoms with Crippen LogP contribution in [-0.4, -0.2) is 11.2 Å². The summed E-state index contributed by atoms with van der Waals surface area (Å²) < 4.78 is 0. The first-order valence-corrected chi connectivity index (χ1v) is 5.40.